The van der Waals surface area contributed by atoms with Crippen LogP contribution in [0.15, 0.2) is 41.4 Å². The maximum atomic E-state index is 13.2. The Morgan fingerprint density at radius 1 is 1.33 bits per heavy atom. The number of nitrogens with two attached hydrogens (primary N) is 1. The van der Waals surface area contributed by atoms with Gasteiger partial charge in [0.2, 0.25) is 0 Å². The summed E-state index contributed by atoms with van der Waals surface area (Å²) in [6.45, 7) is 0. The van der Waals surface area contributed by atoms with Crippen LogP contribution < -0.4 is 5.73 Å². The van der Waals surface area contributed by atoms with Crippen molar-refractivity contribution in [3.8, 4) is 6.07 Å². The van der Waals surface area contributed by atoms with Crippen molar-refractivity contribution in [2.45, 2.75) is 10.6 Å². The minimum absolute atomic E-state index is 0.148. The second-order valence-corrected chi connectivity index (χ2v) is 4.68. The Hall–Kier alpha value is -2.06. The molecule has 90 valence electrons. The van der Waals surface area contributed by atoms with Crippen LogP contribution >= 0.6 is 11.8 Å². The smallest absolute Gasteiger partial charge is 0.147 e. The van der Waals surface area contributed by atoms with Gasteiger partial charge in [0.15, 0.2) is 0 Å². The highest BCUT2D eigenvalue weighted by Gasteiger charge is 2.02. The fraction of sp³-hybridized carbons (Fsp3) is 0.0769. The van der Waals surface area contributed by atoms with Gasteiger partial charge in [0.1, 0.15) is 17.6 Å². The molecule has 0 saturated heterocycles. The molecule has 0 unspecified atom stereocenters. The zero-order valence-electron chi connectivity index (χ0n) is 9.43. The minimum Gasteiger partial charge on any atom is -0.396 e. The van der Waals surface area contributed by atoms with Gasteiger partial charge in [-0.2, -0.15) is 5.26 Å². The highest BCUT2D eigenvalue weighted by atomic mass is 32.2. The molecule has 3 nitrogen and oxygen atoms in total. The maximum absolute atomic E-state index is 13.2. The normalized spacial score (nSPS) is 10.0. The number of aromatic nitrogens is 1. The molecule has 0 radical (unpaired) electrons. The van der Waals surface area contributed by atoms with Gasteiger partial charge in [0, 0.05) is 16.8 Å². The molecule has 0 saturated carbocycles. The number of hydrogen-bond acceptors (Lipinski definition) is 4. The van der Waals surface area contributed by atoms with Gasteiger partial charge < -0.3 is 5.73 Å². The lowest BCUT2D eigenvalue weighted by molar-refractivity contribution is 0.629. The first kappa shape index (κ1) is 12.4. The standard InChI is InChI=1S/C13H10FN3S/c14-12-6-11(1-2-13(12)16)18-8-9-3-4-17-10(5-9)7-15/h1-6H,8,16H2. The van der Waals surface area contributed by atoms with Crippen LogP contribution in [-0.4, -0.2) is 4.98 Å². The first-order valence-corrected chi connectivity index (χ1v) is 6.20. The van der Waals surface area contributed by atoms with E-state index in [4.69, 9.17) is 11.0 Å². The number of anilines is 1. The molecule has 0 fully saturated rings. The lowest BCUT2D eigenvalue weighted by Gasteiger charge is -2.03. The molecule has 18 heavy (non-hydrogen) atoms. The summed E-state index contributed by atoms with van der Waals surface area (Å²) < 4.78 is 13.2. The van der Waals surface area contributed by atoms with Gasteiger partial charge in [0.05, 0.1) is 5.69 Å². The summed E-state index contributed by atoms with van der Waals surface area (Å²) in [5.74, 6) is 0.244. The van der Waals surface area contributed by atoms with E-state index < -0.39 is 5.82 Å². The quantitative estimate of drug-likeness (QED) is 0.680. The Balaban J connectivity index is 2.07. The van der Waals surface area contributed by atoms with E-state index in [1.165, 1.54) is 17.8 Å². The Labute approximate surface area is 108 Å². The van der Waals surface area contributed by atoms with Crippen LogP contribution in [0.2, 0.25) is 0 Å². The predicted octanol–water partition coefficient (Wildman–Crippen LogP) is 2.97. The number of pyridine rings is 1. The first-order valence-electron chi connectivity index (χ1n) is 5.22. The van der Waals surface area contributed by atoms with Gasteiger partial charge in [-0.25, -0.2) is 9.37 Å². The predicted molar refractivity (Wildman–Crippen MR) is 69.3 cm³/mol. The van der Waals surface area contributed by atoms with E-state index in [9.17, 15) is 4.39 Å². The molecule has 5 heteroatoms. The molecule has 2 N–H and O–H groups in total. The number of nitriles is 1. The third kappa shape index (κ3) is 2.99. The van der Waals surface area contributed by atoms with Gasteiger partial charge >= 0.3 is 0 Å². The van der Waals surface area contributed by atoms with E-state index in [2.05, 4.69) is 4.98 Å². The van der Waals surface area contributed by atoms with Crippen molar-refractivity contribution in [2.75, 3.05) is 5.73 Å². The number of benzene rings is 1. The van der Waals surface area contributed by atoms with Crippen LogP contribution in [-0.2, 0) is 5.75 Å². The molecular weight excluding hydrogens is 249 g/mol. The second-order valence-electron chi connectivity index (χ2n) is 3.63. The van der Waals surface area contributed by atoms with Crippen molar-refractivity contribution in [3.63, 3.8) is 0 Å². The second kappa shape index (κ2) is 5.52. The number of halogens is 1. The topological polar surface area (TPSA) is 62.7 Å². The molecule has 1 aromatic carbocycles. The van der Waals surface area contributed by atoms with Gasteiger partial charge in [-0.3, -0.25) is 0 Å². The monoisotopic (exact) mass is 259 g/mol. The van der Waals surface area contributed by atoms with Gasteiger partial charge in [0.25, 0.3) is 0 Å². The zero-order valence-corrected chi connectivity index (χ0v) is 10.2. The lowest BCUT2D eigenvalue weighted by atomic mass is 10.2. The Morgan fingerprint density at radius 3 is 2.89 bits per heavy atom. The van der Waals surface area contributed by atoms with Crippen molar-refractivity contribution in [1.29, 1.82) is 5.26 Å². The van der Waals surface area contributed by atoms with Crippen molar-refractivity contribution >= 4 is 17.4 Å². The fourth-order valence-electron chi connectivity index (χ4n) is 1.39. The van der Waals surface area contributed by atoms with E-state index >= 15 is 0 Å². The Kier molecular flexibility index (Phi) is 3.80. The van der Waals surface area contributed by atoms with Crippen LogP contribution in [0.3, 0.4) is 0 Å². The van der Waals surface area contributed by atoms with Crippen molar-refractivity contribution < 1.29 is 4.39 Å². The molecule has 2 aromatic rings. The van der Waals surface area contributed by atoms with Crippen LogP contribution in [0, 0.1) is 17.1 Å². The molecule has 0 bridgehead atoms. The third-order valence-corrected chi connectivity index (χ3v) is 3.38. The summed E-state index contributed by atoms with van der Waals surface area (Å²) >= 11 is 1.48. The average molecular weight is 259 g/mol. The van der Waals surface area contributed by atoms with Gasteiger partial charge in [-0.1, -0.05) is 0 Å². The zero-order chi connectivity index (χ0) is 13.0. The van der Waals surface area contributed by atoms with Gasteiger partial charge in [-0.15, -0.1) is 11.8 Å². The van der Waals surface area contributed by atoms with Crippen LogP contribution in [0.1, 0.15) is 11.3 Å². The SMILES string of the molecule is N#Cc1cc(CSc2ccc(N)c(F)c2)ccn1. The molecule has 2 rings (SSSR count). The molecule has 0 atom stereocenters. The summed E-state index contributed by atoms with van der Waals surface area (Å²) in [5.41, 5.74) is 6.91. The number of rotatable bonds is 3. The summed E-state index contributed by atoms with van der Waals surface area (Å²) in [6, 6.07) is 10.3. The number of nitrogen functional groups attached to an aromatic ring is 1. The number of hydrogen-bond donors (Lipinski definition) is 1. The van der Waals surface area contributed by atoms with Gasteiger partial charge in [-0.05, 0) is 35.9 Å². The van der Waals surface area contributed by atoms with Crippen LogP contribution in [0.4, 0.5) is 10.1 Å². The Bertz CT molecular complexity index is 607. The fourth-order valence-corrected chi connectivity index (χ4v) is 2.25. The minimum atomic E-state index is -0.410. The van der Waals surface area contributed by atoms with E-state index in [1.807, 2.05) is 12.1 Å². The molecular formula is C13H10FN3S. The summed E-state index contributed by atoms with van der Waals surface area (Å²) in [6.07, 6.45) is 1.60. The highest BCUT2D eigenvalue weighted by molar-refractivity contribution is 7.98. The summed E-state index contributed by atoms with van der Waals surface area (Å²) in [7, 11) is 0. The van der Waals surface area contributed by atoms with Crippen molar-refractivity contribution in [3.05, 3.63) is 53.6 Å². The van der Waals surface area contributed by atoms with E-state index in [-0.39, 0.29) is 5.69 Å². The maximum Gasteiger partial charge on any atom is 0.147 e. The largest absolute Gasteiger partial charge is 0.396 e. The average Bonchev–Trinajstić information content (AvgIpc) is 2.40. The molecule has 0 amide bonds. The van der Waals surface area contributed by atoms with E-state index in [0.717, 1.165) is 10.5 Å². The molecule has 0 spiro atoms. The number of thioether (sulfide) groups is 1. The third-order valence-electron chi connectivity index (χ3n) is 2.32. The van der Waals surface area contributed by atoms with Crippen molar-refractivity contribution in [2.24, 2.45) is 0 Å². The summed E-state index contributed by atoms with van der Waals surface area (Å²) in [4.78, 5) is 4.69. The van der Waals surface area contributed by atoms with Crippen LogP contribution in [0.5, 0.6) is 0 Å². The van der Waals surface area contributed by atoms with Crippen LogP contribution in [0.25, 0.3) is 0 Å². The Morgan fingerprint density at radius 2 is 2.17 bits per heavy atom. The highest BCUT2D eigenvalue weighted by Crippen LogP contribution is 2.25. The first-order chi connectivity index (χ1) is 8.69. The molecule has 0 aliphatic heterocycles. The lowest BCUT2D eigenvalue weighted by Crippen LogP contribution is -1.90. The summed E-state index contributed by atoms with van der Waals surface area (Å²) in [5, 5.41) is 8.73. The van der Waals surface area contributed by atoms with E-state index in [1.54, 1.807) is 24.4 Å². The molecule has 1 aromatic heterocycles. The number of nitrogens with zero attached hydrogens (tertiary/aromatic N) is 2. The molecule has 0 aliphatic rings. The molecule has 1 heterocycles. The van der Waals surface area contributed by atoms with E-state index in [0.29, 0.717) is 11.4 Å². The van der Waals surface area contributed by atoms with Crippen molar-refractivity contribution in [1.82, 2.24) is 4.98 Å². The molecule has 0 aliphatic carbocycles.